The molecule has 0 spiro atoms. The van der Waals surface area contributed by atoms with Gasteiger partial charge in [0.1, 0.15) is 16.9 Å². The summed E-state index contributed by atoms with van der Waals surface area (Å²) < 4.78 is 189. The second kappa shape index (κ2) is 18.1. The normalized spacial score (nSPS) is 13.1. The van der Waals surface area contributed by atoms with Crippen molar-refractivity contribution in [3.8, 4) is 40.2 Å². The SMILES string of the molecule is O=C(O)c1c(Br)ccc(Cl)c1F.[2H]C([2H])([2H])Oc1c(O)ccc(OC(F)(F)F)c1F.[2H]C([2H])([2H])Oc1c(Oc2ccc(Cl)c(F)c2C(=O)O)ccc(OC(F)(F)F)c1F. The van der Waals surface area contributed by atoms with Gasteiger partial charge in [0, 0.05) is 4.47 Å². The summed E-state index contributed by atoms with van der Waals surface area (Å²) in [5.74, 6) is -17.1. The lowest BCUT2D eigenvalue weighted by atomic mass is 10.2. The number of aromatic carboxylic acids is 2. The van der Waals surface area contributed by atoms with Crippen molar-refractivity contribution < 1.29 is 101 Å². The van der Waals surface area contributed by atoms with Crippen molar-refractivity contribution in [3.63, 3.8) is 0 Å². The number of carboxylic acid groups (broad SMARTS) is 2. The van der Waals surface area contributed by atoms with E-state index in [0.717, 1.165) is 12.1 Å². The van der Waals surface area contributed by atoms with Gasteiger partial charge in [0.25, 0.3) is 0 Å². The first kappa shape index (κ1) is 35.0. The van der Waals surface area contributed by atoms with Gasteiger partial charge in [-0.05, 0) is 64.5 Å². The number of halogens is 13. The Labute approximate surface area is 316 Å². The van der Waals surface area contributed by atoms with E-state index in [2.05, 4.69) is 34.9 Å². The lowest BCUT2D eigenvalue weighted by Gasteiger charge is -2.16. The van der Waals surface area contributed by atoms with Gasteiger partial charge in [-0.1, -0.05) is 23.2 Å². The molecule has 3 N–H and O–H groups in total. The first-order valence-corrected chi connectivity index (χ1v) is 14.3. The molecule has 4 aromatic rings. The maximum absolute atomic E-state index is 14.4. The van der Waals surface area contributed by atoms with Gasteiger partial charge in [-0.25, -0.2) is 18.4 Å². The number of phenols is 1. The number of alkyl halides is 6. The third-order valence-electron chi connectivity index (χ3n) is 5.47. The summed E-state index contributed by atoms with van der Waals surface area (Å²) in [6.45, 7) is 0. The zero-order valence-electron chi connectivity index (χ0n) is 30.7. The van der Waals surface area contributed by atoms with Crippen LogP contribution < -0.4 is 23.7 Å². The lowest BCUT2D eigenvalue weighted by molar-refractivity contribution is -0.276. The Morgan fingerprint density at radius 1 is 0.642 bits per heavy atom. The van der Waals surface area contributed by atoms with Crippen LogP contribution >= 0.6 is 39.1 Å². The molecule has 0 aromatic heterocycles. The van der Waals surface area contributed by atoms with Gasteiger partial charge in [0.15, 0.2) is 40.4 Å². The first-order chi connectivity index (χ1) is 26.7. The van der Waals surface area contributed by atoms with E-state index in [4.69, 9.17) is 51.5 Å². The first-order valence-electron chi connectivity index (χ1n) is 15.7. The van der Waals surface area contributed by atoms with E-state index in [1.54, 1.807) is 0 Å². The molecule has 0 radical (unpaired) electrons. The molecule has 4 rings (SSSR count). The minimum absolute atomic E-state index is 0.178. The number of methoxy groups -OCH3 is 2. The Kier molecular flexibility index (Phi) is 12.0. The summed E-state index contributed by atoms with van der Waals surface area (Å²) >= 11 is 13.8. The zero-order chi connectivity index (χ0) is 45.6. The van der Waals surface area contributed by atoms with E-state index in [0.29, 0.717) is 24.3 Å². The molecule has 0 amide bonds. The molecule has 0 aliphatic rings. The summed E-state index contributed by atoms with van der Waals surface area (Å²) in [5.41, 5.74) is -1.53. The molecule has 0 saturated heterocycles. The van der Waals surface area contributed by atoms with E-state index < -0.39 is 118 Å². The highest BCUT2D eigenvalue weighted by Gasteiger charge is 2.35. The fourth-order valence-electron chi connectivity index (χ4n) is 3.39. The number of benzene rings is 4. The van der Waals surface area contributed by atoms with Gasteiger partial charge in [-0.2, -0.15) is 8.78 Å². The van der Waals surface area contributed by atoms with Crippen molar-refractivity contribution in [3.05, 3.63) is 97.4 Å². The highest BCUT2D eigenvalue weighted by atomic mass is 79.9. The Balaban J connectivity index is 0.000000339. The van der Waals surface area contributed by atoms with Crippen LogP contribution in [0.4, 0.5) is 43.9 Å². The Bertz CT molecular complexity index is 2190. The van der Waals surface area contributed by atoms with Crippen LogP contribution in [0.1, 0.15) is 28.9 Å². The van der Waals surface area contributed by atoms with Gasteiger partial charge in [0.2, 0.25) is 17.4 Å². The summed E-state index contributed by atoms with van der Waals surface area (Å²) in [7, 11) is -6.47. The molecule has 0 aliphatic carbocycles. The molecule has 0 aliphatic heterocycles. The molecule has 53 heavy (non-hydrogen) atoms. The van der Waals surface area contributed by atoms with Crippen LogP contribution in [-0.4, -0.2) is 54.1 Å². The summed E-state index contributed by atoms with van der Waals surface area (Å²) in [5, 5.41) is 26.0. The summed E-state index contributed by atoms with van der Waals surface area (Å²) in [6.07, 6.45) is -10.5. The van der Waals surface area contributed by atoms with E-state index >= 15 is 0 Å². The number of aromatic hydroxyl groups is 1. The molecule has 0 bridgehead atoms. The van der Waals surface area contributed by atoms with Crippen LogP contribution in [-0.2, 0) is 0 Å². The van der Waals surface area contributed by atoms with E-state index in [1.807, 2.05) is 0 Å². The molecule has 0 saturated carbocycles. The number of carboxylic acids is 2. The van der Waals surface area contributed by atoms with Gasteiger partial charge in [0.05, 0.1) is 32.3 Å². The summed E-state index contributed by atoms with van der Waals surface area (Å²) in [6, 6.07) is 6.57. The molecule has 0 fully saturated rings. The highest BCUT2D eigenvalue weighted by molar-refractivity contribution is 9.10. The van der Waals surface area contributed by atoms with Crippen LogP contribution in [0, 0.1) is 23.3 Å². The van der Waals surface area contributed by atoms with Gasteiger partial charge >= 0.3 is 24.7 Å². The van der Waals surface area contributed by atoms with Crippen molar-refractivity contribution in [1.29, 1.82) is 0 Å². The van der Waals surface area contributed by atoms with E-state index in [-0.39, 0.29) is 9.50 Å². The number of carbonyl (C=O) groups is 2. The number of rotatable bonds is 8. The molecule has 288 valence electrons. The predicted octanol–water partition coefficient (Wildman–Crippen LogP) is 10.4. The molecule has 10 nitrogen and oxygen atoms in total. The number of ether oxygens (including phenoxy) is 5. The molecule has 23 heteroatoms. The van der Waals surface area contributed by atoms with Gasteiger partial charge in [-0.3, -0.25) is 0 Å². The Hall–Kier alpha value is -5.02. The van der Waals surface area contributed by atoms with Crippen LogP contribution in [0.2, 0.25) is 10.0 Å². The molecule has 0 atom stereocenters. The topological polar surface area (TPSA) is 141 Å². The van der Waals surface area contributed by atoms with Crippen molar-refractivity contribution in [1.82, 2.24) is 0 Å². The predicted molar refractivity (Wildman–Crippen MR) is 165 cm³/mol. The summed E-state index contributed by atoms with van der Waals surface area (Å²) in [4.78, 5) is 21.7. The maximum Gasteiger partial charge on any atom is 0.573 e. The van der Waals surface area contributed by atoms with Gasteiger partial charge in [-0.15, -0.1) is 26.3 Å². The smallest absolute Gasteiger partial charge is 0.504 e. The minimum atomic E-state index is -5.31. The Morgan fingerprint density at radius 3 is 1.53 bits per heavy atom. The number of hydrogen-bond acceptors (Lipinski definition) is 8. The van der Waals surface area contributed by atoms with E-state index in [9.17, 15) is 53.5 Å². The lowest BCUT2D eigenvalue weighted by Crippen LogP contribution is -2.18. The third kappa shape index (κ3) is 12.0. The van der Waals surface area contributed by atoms with Crippen molar-refractivity contribution >= 4 is 51.1 Å². The average Bonchev–Trinajstić information content (AvgIpc) is 3.05. The standard InChI is InChI=1S/C15H8ClF5O5.C8H6F4O3.C7H3BrClFO2/c1-24-13-9(5-4-8(12(13)18)26-15(19,20)21)25-7-3-2-6(16)11(17)10(7)14(22)23;1-14-7-4(13)2-3-5(6(7)9)15-8(10,11)12;8-3-1-2-4(9)6(10)5(3)7(11)12/h2-5H,1H3,(H,22,23);2-3,13H,1H3;1-2H,(H,11,12)/i2*1D3;. The molecular weight excluding hydrogens is 861 g/mol. The fraction of sp³-hybridized carbons (Fsp3) is 0.133. The fourth-order valence-corrected chi connectivity index (χ4v) is 4.18. The molecule has 4 aromatic carbocycles. The van der Waals surface area contributed by atoms with Crippen LogP contribution in [0.5, 0.6) is 40.2 Å². The largest absolute Gasteiger partial charge is 0.573 e. The van der Waals surface area contributed by atoms with E-state index in [1.165, 1.54) is 12.1 Å². The number of phenolic OH excluding ortho intramolecular Hbond substituents is 1. The second-order valence-corrected chi connectivity index (χ2v) is 10.6. The van der Waals surface area contributed by atoms with Crippen molar-refractivity contribution in [2.75, 3.05) is 14.1 Å². The molecular formula is C30H17BrCl2F10O10. The van der Waals surface area contributed by atoms with Crippen LogP contribution in [0.3, 0.4) is 0 Å². The zero-order valence-corrected chi connectivity index (χ0v) is 27.8. The monoisotopic (exact) mass is 882 g/mol. The molecule has 0 unspecified atom stereocenters. The minimum Gasteiger partial charge on any atom is -0.504 e. The Morgan fingerprint density at radius 2 is 1.06 bits per heavy atom. The van der Waals surface area contributed by atoms with Gasteiger partial charge < -0.3 is 39.0 Å². The van der Waals surface area contributed by atoms with Crippen LogP contribution in [0.25, 0.3) is 0 Å². The van der Waals surface area contributed by atoms with Crippen molar-refractivity contribution in [2.24, 2.45) is 0 Å². The van der Waals surface area contributed by atoms with Crippen LogP contribution in [0.15, 0.2) is 53.0 Å². The number of hydrogen-bond donors (Lipinski definition) is 3. The average molecular weight is 884 g/mol. The van der Waals surface area contributed by atoms with Crippen molar-refractivity contribution in [2.45, 2.75) is 12.7 Å². The highest BCUT2D eigenvalue weighted by Crippen LogP contribution is 2.42. The maximum atomic E-state index is 14.4. The second-order valence-electron chi connectivity index (χ2n) is 8.90. The third-order valence-corrected chi connectivity index (χ3v) is 6.71. The molecule has 0 heterocycles. The quantitative estimate of drug-likeness (QED) is 0.116.